The lowest BCUT2D eigenvalue weighted by molar-refractivity contribution is -0.252. The van der Waals surface area contributed by atoms with Crippen molar-refractivity contribution in [3.63, 3.8) is 0 Å². The second kappa shape index (κ2) is 4.21. The van der Waals surface area contributed by atoms with Crippen molar-refractivity contribution in [2.45, 2.75) is 50.9 Å². The molecule has 1 atom stereocenters. The van der Waals surface area contributed by atoms with Gasteiger partial charge in [-0.1, -0.05) is 12.1 Å². The van der Waals surface area contributed by atoms with Gasteiger partial charge in [-0.2, -0.15) is 13.2 Å². The van der Waals surface area contributed by atoms with E-state index in [0.29, 0.717) is 12.0 Å². The summed E-state index contributed by atoms with van der Waals surface area (Å²) in [5, 5.41) is 13.3. The highest BCUT2D eigenvalue weighted by molar-refractivity contribution is 5.30. The van der Waals surface area contributed by atoms with Crippen molar-refractivity contribution in [3.8, 4) is 0 Å². The Morgan fingerprint density at radius 2 is 1.58 bits per heavy atom. The zero-order valence-corrected chi connectivity index (χ0v) is 11.2. The second-order valence-corrected chi connectivity index (χ2v) is 5.96. The summed E-state index contributed by atoms with van der Waals surface area (Å²) in [6.07, 6.45) is -2.96. The number of hydroxylamine groups is 2. The Balaban J connectivity index is 2.33. The maximum absolute atomic E-state index is 12.5. The van der Waals surface area contributed by atoms with Crippen LogP contribution in [0.5, 0.6) is 0 Å². The molecule has 1 heterocycles. The molecule has 1 aromatic carbocycles. The van der Waals surface area contributed by atoms with Crippen molar-refractivity contribution in [2.75, 3.05) is 0 Å². The Kier molecular flexibility index (Phi) is 3.18. The minimum absolute atomic E-state index is 0.475. The van der Waals surface area contributed by atoms with Gasteiger partial charge in [-0.25, -0.2) is 0 Å². The topological polar surface area (TPSA) is 23.1 Å². The average molecular weight is 272 g/mol. The third-order valence-corrected chi connectivity index (χ3v) is 4.06. The molecule has 1 radical (unpaired) electrons. The summed E-state index contributed by atoms with van der Waals surface area (Å²) in [4.78, 5) is 0. The summed E-state index contributed by atoms with van der Waals surface area (Å²) in [6.45, 7) is 5.50. The van der Waals surface area contributed by atoms with Gasteiger partial charge in [0.1, 0.15) is 0 Å². The van der Waals surface area contributed by atoms with Crippen molar-refractivity contribution >= 4 is 0 Å². The van der Waals surface area contributed by atoms with E-state index in [9.17, 15) is 18.4 Å². The van der Waals surface area contributed by atoms with Crippen molar-refractivity contribution in [3.05, 3.63) is 35.4 Å². The van der Waals surface area contributed by atoms with E-state index in [1.165, 1.54) is 12.1 Å². The average Bonchev–Trinajstić information content (AvgIpc) is 2.54. The lowest BCUT2D eigenvalue weighted by atomic mass is 9.89. The van der Waals surface area contributed by atoms with Crippen LogP contribution in [0, 0.1) is 0 Å². The maximum atomic E-state index is 12.5. The molecule has 1 aliphatic rings. The lowest BCUT2D eigenvalue weighted by Gasteiger charge is -2.35. The minimum atomic E-state index is -4.34. The van der Waals surface area contributed by atoms with Crippen molar-refractivity contribution in [1.29, 1.82) is 0 Å². The molecule has 0 bridgehead atoms. The summed E-state index contributed by atoms with van der Waals surface area (Å²) in [7, 11) is 0. The highest BCUT2D eigenvalue weighted by atomic mass is 19.4. The summed E-state index contributed by atoms with van der Waals surface area (Å²) < 4.78 is 37.6. The van der Waals surface area contributed by atoms with E-state index in [1.807, 2.05) is 13.8 Å². The van der Waals surface area contributed by atoms with E-state index in [2.05, 4.69) is 0 Å². The van der Waals surface area contributed by atoms with Gasteiger partial charge in [0, 0.05) is 5.54 Å². The fourth-order valence-electron chi connectivity index (χ4n) is 2.70. The third-order valence-electron chi connectivity index (χ3n) is 4.06. The molecule has 0 aliphatic carbocycles. The fourth-order valence-corrected chi connectivity index (χ4v) is 2.70. The van der Waals surface area contributed by atoms with Crippen LogP contribution in [-0.4, -0.2) is 10.6 Å². The van der Waals surface area contributed by atoms with E-state index < -0.39 is 22.8 Å². The van der Waals surface area contributed by atoms with Gasteiger partial charge >= 0.3 is 6.18 Å². The standard InChI is InChI=1S/C14H17F3NO/c1-12(2)8-9-13(3,18(12)19)10-4-6-11(7-5-10)14(15,16)17/h4-7H,8-9H2,1-3H3. The van der Waals surface area contributed by atoms with Crippen LogP contribution in [0.1, 0.15) is 44.7 Å². The highest BCUT2D eigenvalue weighted by Gasteiger charge is 2.49. The zero-order chi connectivity index (χ0) is 14.5. The van der Waals surface area contributed by atoms with Gasteiger partial charge in [0.15, 0.2) is 0 Å². The number of halogens is 3. The van der Waals surface area contributed by atoms with E-state index in [4.69, 9.17) is 0 Å². The van der Waals surface area contributed by atoms with Gasteiger partial charge < -0.3 is 0 Å². The second-order valence-electron chi connectivity index (χ2n) is 5.96. The number of benzene rings is 1. The number of alkyl halides is 3. The van der Waals surface area contributed by atoms with Crippen LogP contribution in [-0.2, 0) is 16.9 Å². The van der Waals surface area contributed by atoms with Crippen molar-refractivity contribution < 1.29 is 18.4 Å². The van der Waals surface area contributed by atoms with E-state index in [0.717, 1.165) is 23.6 Å². The summed E-state index contributed by atoms with van der Waals surface area (Å²) >= 11 is 0. The van der Waals surface area contributed by atoms with Crippen molar-refractivity contribution in [2.24, 2.45) is 0 Å². The van der Waals surface area contributed by atoms with E-state index in [-0.39, 0.29) is 0 Å². The minimum Gasteiger partial charge on any atom is -0.166 e. The molecule has 0 spiro atoms. The largest absolute Gasteiger partial charge is 0.416 e. The van der Waals surface area contributed by atoms with Crippen LogP contribution in [0.3, 0.4) is 0 Å². The number of hydrogen-bond acceptors (Lipinski definition) is 1. The molecule has 0 aromatic heterocycles. The van der Waals surface area contributed by atoms with Crippen LogP contribution in [0.2, 0.25) is 0 Å². The normalized spacial score (nSPS) is 27.7. The Hall–Kier alpha value is -1.07. The molecule has 105 valence electrons. The summed E-state index contributed by atoms with van der Waals surface area (Å²) in [5.41, 5.74) is -1.26. The molecule has 0 amide bonds. The summed E-state index contributed by atoms with van der Waals surface area (Å²) in [6, 6.07) is 4.91. The molecule has 1 saturated heterocycles. The number of hydrogen-bond donors (Lipinski definition) is 0. The van der Waals surface area contributed by atoms with Crippen molar-refractivity contribution in [1.82, 2.24) is 5.06 Å². The highest BCUT2D eigenvalue weighted by Crippen LogP contribution is 2.46. The Morgan fingerprint density at radius 3 is 1.95 bits per heavy atom. The lowest BCUT2D eigenvalue weighted by Crippen LogP contribution is -2.44. The number of nitrogens with zero attached hydrogens (tertiary/aromatic N) is 1. The van der Waals surface area contributed by atoms with Gasteiger partial charge in [0.05, 0.1) is 11.1 Å². The quantitative estimate of drug-likeness (QED) is 0.753. The Morgan fingerprint density at radius 1 is 1.05 bits per heavy atom. The van der Waals surface area contributed by atoms with Gasteiger partial charge in [-0.3, -0.25) is 0 Å². The van der Waals surface area contributed by atoms with E-state index >= 15 is 0 Å². The van der Waals surface area contributed by atoms with Crippen LogP contribution >= 0.6 is 0 Å². The van der Waals surface area contributed by atoms with Crippen LogP contribution in [0.4, 0.5) is 13.2 Å². The molecule has 2 nitrogen and oxygen atoms in total. The van der Waals surface area contributed by atoms with Gasteiger partial charge in [-0.05, 0) is 51.3 Å². The molecule has 1 aliphatic heterocycles. The molecule has 19 heavy (non-hydrogen) atoms. The molecule has 0 saturated carbocycles. The third kappa shape index (κ3) is 2.37. The molecule has 1 fully saturated rings. The fraction of sp³-hybridized carbons (Fsp3) is 0.571. The van der Waals surface area contributed by atoms with Crippen LogP contribution < -0.4 is 0 Å². The molecule has 0 N–H and O–H groups in total. The Bertz CT molecular complexity index is 467. The first kappa shape index (κ1) is 14.3. The SMILES string of the molecule is CC1(C)CCC(C)(c2ccc(C(F)(F)F)cc2)N1[O]. The first-order chi connectivity index (χ1) is 8.57. The maximum Gasteiger partial charge on any atom is 0.416 e. The number of rotatable bonds is 1. The first-order valence-corrected chi connectivity index (χ1v) is 6.23. The van der Waals surface area contributed by atoms with Crippen LogP contribution in [0.25, 0.3) is 0 Å². The molecular formula is C14H17F3NO. The van der Waals surface area contributed by atoms with Gasteiger partial charge in [0.2, 0.25) is 0 Å². The van der Waals surface area contributed by atoms with E-state index in [1.54, 1.807) is 6.92 Å². The smallest absolute Gasteiger partial charge is 0.166 e. The van der Waals surface area contributed by atoms with Crippen LogP contribution in [0.15, 0.2) is 24.3 Å². The molecule has 1 unspecified atom stereocenters. The Labute approximate surface area is 110 Å². The predicted octanol–water partition coefficient (Wildman–Crippen LogP) is 4.14. The first-order valence-electron chi connectivity index (χ1n) is 6.23. The zero-order valence-electron chi connectivity index (χ0n) is 11.2. The molecule has 1 aromatic rings. The predicted molar refractivity (Wildman–Crippen MR) is 64.6 cm³/mol. The molecular weight excluding hydrogens is 255 g/mol. The monoisotopic (exact) mass is 272 g/mol. The van der Waals surface area contributed by atoms with Gasteiger partial charge in [0.25, 0.3) is 0 Å². The summed E-state index contributed by atoms with van der Waals surface area (Å²) in [5.74, 6) is 0. The van der Waals surface area contributed by atoms with Gasteiger partial charge in [-0.15, -0.1) is 10.3 Å². The molecule has 2 rings (SSSR count). The molecule has 5 heteroatoms.